The number of rotatable bonds is 3. The van der Waals surface area contributed by atoms with E-state index in [4.69, 9.17) is 10.2 Å². The van der Waals surface area contributed by atoms with Gasteiger partial charge in [-0.2, -0.15) is 13.2 Å². The molecule has 0 aliphatic carbocycles. The van der Waals surface area contributed by atoms with Crippen molar-refractivity contribution in [1.29, 1.82) is 0 Å². The highest BCUT2D eigenvalue weighted by atomic mass is 79.9. The standard InChI is InChI=1S/C14H11BrF3NO5/c15-7-1-2-8(9(4-7)14(16,17)18)11(20)6-3-10(12(21)22)19(5-6)13(23)24/h1-2,4,6,10H,3,5H2,(H,21,22)(H,23,24)/t6?,10-/m0/s1. The fraction of sp³-hybridized carbons (Fsp3) is 0.357. The Balaban J connectivity index is 2.37. The number of carbonyl (C=O) groups excluding carboxylic acids is 1. The number of ketones is 1. The molecule has 1 saturated heterocycles. The molecule has 1 aliphatic heterocycles. The monoisotopic (exact) mass is 409 g/mol. The van der Waals surface area contributed by atoms with Crippen LogP contribution in [0.25, 0.3) is 0 Å². The molecule has 1 amide bonds. The molecule has 1 aromatic rings. The van der Waals surface area contributed by atoms with Crippen LogP contribution in [-0.4, -0.2) is 45.5 Å². The summed E-state index contributed by atoms with van der Waals surface area (Å²) in [5.74, 6) is -3.52. The molecule has 0 aromatic heterocycles. The second kappa shape index (κ2) is 6.42. The van der Waals surface area contributed by atoms with Crippen LogP contribution < -0.4 is 0 Å². The smallest absolute Gasteiger partial charge is 0.417 e. The Kier molecular flexibility index (Phi) is 4.88. The van der Waals surface area contributed by atoms with Crippen LogP contribution in [0.3, 0.4) is 0 Å². The van der Waals surface area contributed by atoms with Crippen molar-refractivity contribution in [3.05, 3.63) is 33.8 Å². The van der Waals surface area contributed by atoms with Gasteiger partial charge in [0, 0.05) is 22.5 Å². The van der Waals surface area contributed by atoms with Crippen molar-refractivity contribution in [1.82, 2.24) is 4.90 Å². The van der Waals surface area contributed by atoms with E-state index in [1.807, 2.05) is 0 Å². The Hall–Kier alpha value is -2.10. The molecule has 130 valence electrons. The van der Waals surface area contributed by atoms with Crippen molar-refractivity contribution in [3.8, 4) is 0 Å². The van der Waals surface area contributed by atoms with E-state index in [1.165, 1.54) is 6.07 Å². The van der Waals surface area contributed by atoms with Crippen LogP contribution in [0.4, 0.5) is 18.0 Å². The van der Waals surface area contributed by atoms with Gasteiger partial charge in [-0.3, -0.25) is 9.69 Å². The van der Waals surface area contributed by atoms with Gasteiger partial charge in [-0.1, -0.05) is 15.9 Å². The van der Waals surface area contributed by atoms with Gasteiger partial charge < -0.3 is 10.2 Å². The predicted molar refractivity (Wildman–Crippen MR) is 77.7 cm³/mol. The SMILES string of the molecule is O=C(c1ccc(Br)cc1C(F)(F)F)C1C[C@@H](C(=O)O)N(C(=O)O)C1. The molecule has 0 spiro atoms. The highest BCUT2D eigenvalue weighted by Crippen LogP contribution is 2.36. The van der Waals surface area contributed by atoms with E-state index in [2.05, 4.69) is 15.9 Å². The van der Waals surface area contributed by atoms with E-state index >= 15 is 0 Å². The van der Waals surface area contributed by atoms with Gasteiger partial charge in [-0.05, 0) is 24.6 Å². The second-order valence-corrected chi connectivity index (χ2v) is 6.19. The molecule has 0 bridgehead atoms. The summed E-state index contributed by atoms with van der Waals surface area (Å²) < 4.78 is 39.5. The number of carbonyl (C=O) groups is 3. The lowest BCUT2D eigenvalue weighted by atomic mass is 9.92. The van der Waals surface area contributed by atoms with Crippen molar-refractivity contribution >= 4 is 33.8 Å². The first kappa shape index (κ1) is 18.2. The van der Waals surface area contributed by atoms with Gasteiger partial charge in [0.2, 0.25) is 0 Å². The number of carboxylic acids is 1. The number of hydrogen-bond acceptors (Lipinski definition) is 3. The largest absolute Gasteiger partial charge is 0.480 e. The van der Waals surface area contributed by atoms with E-state index in [0.717, 1.165) is 12.1 Å². The topological polar surface area (TPSA) is 94.9 Å². The summed E-state index contributed by atoms with van der Waals surface area (Å²) >= 11 is 2.90. The Morgan fingerprint density at radius 3 is 2.29 bits per heavy atom. The van der Waals surface area contributed by atoms with Crippen LogP contribution in [0.1, 0.15) is 22.3 Å². The third kappa shape index (κ3) is 3.53. The third-order valence-electron chi connectivity index (χ3n) is 3.76. The van der Waals surface area contributed by atoms with Crippen molar-refractivity contribution in [2.24, 2.45) is 5.92 Å². The van der Waals surface area contributed by atoms with Crippen molar-refractivity contribution in [2.75, 3.05) is 6.54 Å². The molecular formula is C14H11BrF3NO5. The van der Waals surface area contributed by atoms with Crippen molar-refractivity contribution in [2.45, 2.75) is 18.6 Å². The fourth-order valence-electron chi connectivity index (χ4n) is 2.66. The number of hydrogen-bond donors (Lipinski definition) is 2. The van der Waals surface area contributed by atoms with E-state index in [0.29, 0.717) is 4.90 Å². The van der Waals surface area contributed by atoms with Gasteiger partial charge in [0.15, 0.2) is 5.78 Å². The van der Waals surface area contributed by atoms with Crippen LogP contribution >= 0.6 is 15.9 Å². The summed E-state index contributed by atoms with van der Waals surface area (Å²) in [6.45, 7) is -0.460. The molecule has 24 heavy (non-hydrogen) atoms. The fourth-order valence-corrected chi connectivity index (χ4v) is 3.02. The van der Waals surface area contributed by atoms with Crippen LogP contribution in [0.5, 0.6) is 0 Å². The van der Waals surface area contributed by atoms with Gasteiger partial charge in [0.25, 0.3) is 0 Å². The summed E-state index contributed by atoms with van der Waals surface area (Å²) in [7, 11) is 0. The maximum Gasteiger partial charge on any atom is 0.417 e. The van der Waals surface area contributed by atoms with Crippen LogP contribution in [0.15, 0.2) is 22.7 Å². The number of benzene rings is 1. The summed E-state index contributed by atoms with van der Waals surface area (Å²) in [4.78, 5) is 35.1. The minimum Gasteiger partial charge on any atom is -0.480 e. The molecule has 10 heteroatoms. The number of aliphatic carboxylic acids is 1. The van der Waals surface area contributed by atoms with E-state index in [-0.39, 0.29) is 10.9 Å². The first-order chi connectivity index (χ1) is 11.0. The first-order valence-corrected chi connectivity index (χ1v) is 7.45. The quantitative estimate of drug-likeness (QED) is 0.747. The molecule has 1 aliphatic rings. The second-order valence-electron chi connectivity index (χ2n) is 5.27. The molecule has 0 radical (unpaired) electrons. The molecule has 2 atom stereocenters. The zero-order chi connectivity index (χ0) is 18.2. The number of likely N-dealkylation sites (tertiary alicyclic amines) is 1. The number of alkyl halides is 3. The Morgan fingerprint density at radius 2 is 1.83 bits per heavy atom. The molecule has 6 nitrogen and oxygen atoms in total. The third-order valence-corrected chi connectivity index (χ3v) is 4.25. The summed E-state index contributed by atoms with van der Waals surface area (Å²) in [6, 6.07) is 1.56. The lowest BCUT2D eigenvalue weighted by Gasteiger charge is -2.17. The van der Waals surface area contributed by atoms with Crippen LogP contribution in [0.2, 0.25) is 0 Å². The molecule has 0 saturated carbocycles. The molecule has 1 unspecified atom stereocenters. The lowest BCUT2D eigenvalue weighted by Crippen LogP contribution is -2.39. The molecule has 1 heterocycles. The number of carboxylic acid groups (broad SMARTS) is 2. The number of Topliss-reactive ketones (excluding diaryl/α,β-unsaturated/α-hetero) is 1. The lowest BCUT2D eigenvalue weighted by molar-refractivity contribution is -0.141. The Bertz CT molecular complexity index is 684. The number of nitrogens with zero attached hydrogens (tertiary/aromatic N) is 1. The molecule has 1 aromatic carbocycles. The Morgan fingerprint density at radius 1 is 1.21 bits per heavy atom. The molecule has 2 N–H and O–H groups in total. The van der Waals surface area contributed by atoms with E-state index < -0.39 is 53.7 Å². The number of amides is 1. The maximum atomic E-state index is 13.1. The predicted octanol–water partition coefficient (Wildman–Crippen LogP) is 3.10. The average molecular weight is 410 g/mol. The zero-order valence-electron chi connectivity index (χ0n) is 11.9. The highest BCUT2D eigenvalue weighted by molar-refractivity contribution is 9.10. The van der Waals surface area contributed by atoms with Crippen molar-refractivity contribution < 1.29 is 37.8 Å². The Labute approximate surface area is 142 Å². The highest BCUT2D eigenvalue weighted by Gasteiger charge is 2.44. The normalized spacial score (nSPS) is 20.9. The van der Waals surface area contributed by atoms with E-state index in [1.54, 1.807) is 0 Å². The van der Waals surface area contributed by atoms with Gasteiger partial charge >= 0.3 is 18.2 Å². The van der Waals surface area contributed by atoms with Gasteiger partial charge in [0.1, 0.15) is 6.04 Å². The minimum absolute atomic E-state index is 0.133. The van der Waals surface area contributed by atoms with Crippen molar-refractivity contribution in [3.63, 3.8) is 0 Å². The van der Waals surface area contributed by atoms with Gasteiger partial charge in [-0.25, -0.2) is 9.59 Å². The van der Waals surface area contributed by atoms with Crippen LogP contribution in [-0.2, 0) is 11.0 Å². The summed E-state index contributed by atoms with van der Waals surface area (Å²) in [5.41, 5.74) is -1.75. The molecule has 1 fully saturated rings. The minimum atomic E-state index is -4.77. The zero-order valence-corrected chi connectivity index (χ0v) is 13.5. The molecule has 2 rings (SSSR count). The summed E-state index contributed by atoms with van der Waals surface area (Å²) in [5, 5.41) is 18.0. The van der Waals surface area contributed by atoms with Crippen LogP contribution in [0, 0.1) is 5.92 Å². The average Bonchev–Trinajstić information content (AvgIpc) is 2.91. The van der Waals surface area contributed by atoms with Gasteiger partial charge in [0.05, 0.1) is 5.56 Å². The van der Waals surface area contributed by atoms with E-state index in [9.17, 15) is 27.6 Å². The summed E-state index contributed by atoms with van der Waals surface area (Å²) in [6.07, 6.45) is -6.68. The van der Waals surface area contributed by atoms with Gasteiger partial charge in [-0.15, -0.1) is 0 Å². The number of halogens is 4. The first-order valence-electron chi connectivity index (χ1n) is 6.65. The maximum absolute atomic E-state index is 13.1. The molecular weight excluding hydrogens is 399 g/mol.